The van der Waals surface area contributed by atoms with Crippen molar-refractivity contribution in [3.63, 3.8) is 0 Å². The third kappa shape index (κ3) is 6.82. The molecule has 0 aliphatic carbocycles. The highest BCUT2D eigenvalue weighted by Gasteiger charge is 2.48. The summed E-state index contributed by atoms with van der Waals surface area (Å²) in [4.78, 5) is 43.4. The van der Waals surface area contributed by atoms with Crippen LogP contribution >= 0.6 is 11.8 Å². The number of nitrogens with zero attached hydrogens (tertiary/aromatic N) is 3. The molecule has 240 valence electrons. The van der Waals surface area contributed by atoms with Crippen molar-refractivity contribution in [1.29, 1.82) is 0 Å². The predicted octanol–water partition coefficient (Wildman–Crippen LogP) is 5.72. The molecule has 9 nitrogen and oxygen atoms in total. The molecule has 0 spiro atoms. The number of oxime groups is 1. The number of amides is 2. The number of rotatable bonds is 10. The molecule has 2 aliphatic heterocycles. The zero-order chi connectivity index (χ0) is 32.5. The molecule has 5 rings (SSSR count). The maximum atomic E-state index is 14.2. The molecule has 2 fully saturated rings. The van der Waals surface area contributed by atoms with E-state index >= 15 is 0 Å². The molecule has 3 aromatic rings. The Hall–Kier alpha value is -4.57. The van der Waals surface area contributed by atoms with Gasteiger partial charge >= 0.3 is 12.1 Å². The van der Waals surface area contributed by atoms with E-state index < -0.39 is 28.8 Å². The molecular formula is C36H39N3O6S. The van der Waals surface area contributed by atoms with E-state index in [1.54, 1.807) is 23.6 Å². The van der Waals surface area contributed by atoms with Gasteiger partial charge in [0.1, 0.15) is 18.6 Å². The Morgan fingerprint density at radius 2 is 1.50 bits per heavy atom. The lowest BCUT2D eigenvalue weighted by Crippen LogP contribution is -2.53. The van der Waals surface area contributed by atoms with E-state index in [9.17, 15) is 19.6 Å². The second-order valence-corrected chi connectivity index (χ2v) is 12.7. The van der Waals surface area contributed by atoms with E-state index in [4.69, 9.17) is 9.47 Å². The highest BCUT2D eigenvalue weighted by atomic mass is 32.2. The molecule has 0 saturated carbocycles. The summed E-state index contributed by atoms with van der Waals surface area (Å²) in [5.74, 6) is -1.71. The second-order valence-electron chi connectivity index (χ2n) is 11.2. The van der Waals surface area contributed by atoms with Gasteiger partial charge < -0.3 is 19.6 Å². The number of likely N-dealkylation sites (tertiary alicyclic amines) is 2. The number of hydrogen-bond acceptors (Lipinski definition) is 8. The molecular weight excluding hydrogens is 602 g/mol. The van der Waals surface area contributed by atoms with E-state index in [1.807, 2.05) is 54.6 Å². The number of ether oxygens (including phenoxy) is 2. The molecule has 2 heterocycles. The maximum absolute atomic E-state index is 14.2. The fraction of sp³-hybridized carbons (Fsp3) is 0.333. The van der Waals surface area contributed by atoms with Crippen LogP contribution in [0.5, 0.6) is 0 Å². The van der Waals surface area contributed by atoms with E-state index in [0.29, 0.717) is 6.42 Å². The third-order valence-electron chi connectivity index (χ3n) is 8.45. The summed E-state index contributed by atoms with van der Waals surface area (Å²) < 4.78 is 10.0. The minimum absolute atomic E-state index is 0.00288. The van der Waals surface area contributed by atoms with Crippen molar-refractivity contribution < 1.29 is 29.1 Å². The monoisotopic (exact) mass is 641 g/mol. The Balaban J connectivity index is 1.51. The van der Waals surface area contributed by atoms with Crippen molar-refractivity contribution in [2.45, 2.75) is 35.8 Å². The quantitative estimate of drug-likeness (QED) is 0.0992. The first-order valence-corrected chi connectivity index (χ1v) is 16.4. The Kier molecular flexibility index (Phi) is 10.8. The van der Waals surface area contributed by atoms with Gasteiger partial charge in [0, 0.05) is 31.3 Å². The largest absolute Gasteiger partial charge is 0.465 e. The number of benzene rings is 3. The summed E-state index contributed by atoms with van der Waals surface area (Å²) in [6.45, 7) is 6.07. The van der Waals surface area contributed by atoms with Crippen LogP contribution in [-0.4, -0.2) is 82.8 Å². The van der Waals surface area contributed by atoms with E-state index in [0.717, 1.165) is 16.7 Å². The Bertz CT molecular complexity index is 1440. The van der Waals surface area contributed by atoms with Crippen LogP contribution in [-0.2, 0) is 23.8 Å². The van der Waals surface area contributed by atoms with Crippen LogP contribution in [0.25, 0.3) is 0 Å². The minimum atomic E-state index is -0.878. The first-order chi connectivity index (χ1) is 22.4. The molecule has 0 radical (unpaired) electrons. The number of hydrogen-bond donors (Lipinski definition) is 1. The molecule has 2 aliphatic rings. The van der Waals surface area contributed by atoms with E-state index in [2.05, 4.69) is 48.1 Å². The van der Waals surface area contributed by atoms with Gasteiger partial charge in [0.15, 0.2) is 0 Å². The van der Waals surface area contributed by atoms with Crippen LogP contribution in [0.4, 0.5) is 4.79 Å². The molecule has 46 heavy (non-hydrogen) atoms. The van der Waals surface area contributed by atoms with Gasteiger partial charge in [0.05, 0.1) is 17.1 Å². The summed E-state index contributed by atoms with van der Waals surface area (Å²) in [5, 5.41) is 12.7. The number of carbonyl (C=O) groups is 3. The lowest BCUT2D eigenvalue weighted by atomic mass is 9.84. The normalized spacial score (nSPS) is 20.7. The fourth-order valence-electron chi connectivity index (χ4n) is 6.33. The highest BCUT2D eigenvalue weighted by Crippen LogP contribution is 2.52. The first-order valence-electron chi connectivity index (χ1n) is 15.5. The molecule has 3 atom stereocenters. The average Bonchev–Trinajstić information content (AvgIpc) is 3.54. The topological polar surface area (TPSA) is 109 Å². The Morgan fingerprint density at radius 1 is 0.935 bits per heavy atom. The number of esters is 1. The van der Waals surface area contributed by atoms with Crippen LogP contribution in [0, 0.1) is 5.92 Å². The Labute approximate surface area is 273 Å². The van der Waals surface area contributed by atoms with Gasteiger partial charge in [0.2, 0.25) is 5.91 Å². The number of piperidine rings is 1. The van der Waals surface area contributed by atoms with Crippen molar-refractivity contribution in [3.8, 4) is 0 Å². The van der Waals surface area contributed by atoms with Crippen molar-refractivity contribution in [2.24, 2.45) is 11.1 Å². The summed E-state index contributed by atoms with van der Waals surface area (Å²) in [5.41, 5.74) is 3.52. The zero-order valence-electron chi connectivity index (χ0n) is 25.9. The summed E-state index contributed by atoms with van der Waals surface area (Å²) in [7, 11) is 0. The van der Waals surface area contributed by atoms with Crippen LogP contribution < -0.4 is 0 Å². The van der Waals surface area contributed by atoms with Crippen LogP contribution in [0.3, 0.4) is 0 Å². The Morgan fingerprint density at radius 3 is 2.00 bits per heavy atom. The average molecular weight is 642 g/mol. The summed E-state index contributed by atoms with van der Waals surface area (Å²) in [6, 6.07) is 30.0. The zero-order valence-corrected chi connectivity index (χ0v) is 26.7. The molecule has 0 bridgehead atoms. The van der Waals surface area contributed by atoms with E-state index in [-0.39, 0.29) is 56.1 Å². The second kappa shape index (κ2) is 15.1. The summed E-state index contributed by atoms with van der Waals surface area (Å²) in [6.07, 6.45) is 1.49. The van der Waals surface area contributed by atoms with Gasteiger partial charge in [-0.3, -0.25) is 14.5 Å². The van der Waals surface area contributed by atoms with Crippen molar-refractivity contribution in [1.82, 2.24) is 9.80 Å². The minimum Gasteiger partial charge on any atom is -0.465 e. The predicted molar refractivity (Wildman–Crippen MR) is 178 cm³/mol. The van der Waals surface area contributed by atoms with Crippen LogP contribution in [0.2, 0.25) is 0 Å². The van der Waals surface area contributed by atoms with Gasteiger partial charge in [-0.1, -0.05) is 109 Å². The summed E-state index contributed by atoms with van der Waals surface area (Å²) >= 11 is 1.72. The highest BCUT2D eigenvalue weighted by molar-refractivity contribution is 8.01. The standard InChI is InChI=1S/C36H39N3O6S/c1-3-22-45-35(42)39-24-29(23-32(39)33(40)38-21-20-31(37-43)30(25-38)34(41)44-4-2)46-36(26-14-8-5-9-15-26,27-16-10-6-11-17-27)28-18-12-7-13-19-28/h3,5-19,29-30,32,43H,1,4,20-25H2,2H3/b37-31+/t29-,30?,32-/m0/s1. The fourth-order valence-corrected chi connectivity index (χ4v) is 8.16. The molecule has 2 amide bonds. The lowest BCUT2D eigenvalue weighted by Gasteiger charge is -2.37. The van der Waals surface area contributed by atoms with Crippen molar-refractivity contribution in [3.05, 3.63) is 120 Å². The van der Waals surface area contributed by atoms with Gasteiger partial charge in [-0.15, -0.1) is 11.8 Å². The van der Waals surface area contributed by atoms with Gasteiger partial charge in [-0.05, 0) is 30.0 Å². The van der Waals surface area contributed by atoms with Gasteiger partial charge in [0.25, 0.3) is 0 Å². The van der Waals surface area contributed by atoms with Crippen LogP contribution in [0.1, 0.15) is 36.5 Å². The SMILES string of the molecule is C=CCOC(=O)N1C[C@@H](SC(c2ccccc2)(c2ccccc2)c2ccccc2)C[C@H]1C(=O)N1CC/C(=N\O)C(C(=O)OCC)C1. The van der Waals surface area contributed by atoms with Crippen LogP contribution in [0.15, 0.2) is 109 Å². The molecule has 0 aromatic heterocycles. The third-order valence-corrected chi connectivity index (χ3v) is 10.2. The van der Waals surface area contributed by atoms with Crippen molar-refractivity contribution in [2.75, 3.05) is 32.8 Å². The van der Waals surface area contributed by atoms with Gasteiger partial charge in [-0.2, -0.15) is 0 Å². The van der Waals surface area contributed by atoms with Gasteiger partial charge in [-0.25, -0.2) is 4.79 Å². The molecule has 3 aromatic carbocycles. The maximum Gasteiger partial charge on any atom is 0.410 e. The molecule has 1 N–H and O–H groups in total. The number of carbonyl (C=O) groups excluding carboxylic acids is 3. The molecule has 1 unspecified atom stereocenters. The first kappa shape index (κ1) is 32.8. The van der Waals surface area contributed by atoms with Crippen molar-refractivity contribution >= 4 is 35.4 Å². The molecule has 10 heteroatoms. The lowest BCUT2D eigenvalue weighted by molar-refractivity contribution is -0.148. The molecule has 2 saturated heterocycles. The number of thioether (sulfide) groups is 1. The van der Waals surface area contributed by atoms with E-state index in [1.165, 1.54) is 11.0 Å². The smallest absolute Gasteiger partial charge is 0.410 e.